The van der Waals surface area contributed by atoms with E-state index in [1.54, 1.807) is 0 Å². The summed E-state index contributed by atoms with van der Waals surface area (Å²) in [5.41, 5.74) is 5.97. The molecule has 0 aliphatic carbocycles. The second-order valence-corrected chi connectivity index (χ2v) is 5.37. The van der Waals surface area contributed by atoms with Crippen molar-refractivity contribution in [3.8, 4) is 0 Å². The zero-order chi connectivity index (χ0) is 10.8. The molecule has 14 heavy (non-hydrogen) atoms. The molecule has 2 N–H and O–H groups in total. The molecule has 0 aromatic rings. The maximum Gasteiger partial charge on any atom is 0.0743 e. The lowest BCUT2D eigenvalue weighted by Gasteiger charge is -2.38. The van der Waals surface area contributed by atoms with Crippen LogP contribution in [0.4, 0.5) is 0 Å². The van der Waals surface area contributed by atoms with Gasteiger partial charge in [-0.3, -0.25) is 4.90 Å². The van der Waals surface area contributed by atoms with Crippen LogP contribution in [0, 0.1) is 0 Å². The fraction of sp³-hybridized carbons (Fsp3) is 0.909. The molecule has 1 heterocycles. The molecule has 0 spiro atoms. The third-order valence-corrected chi connectivity index (χ3v) is 3.48. The highest BCUT2D eigenvalue weighted by molar-refractivity contribution is 7.80. The molecule has 0 bridgehead atoms. The van der Waals surface area contributed by atoms with Gasteiger partial charge in [0.1, 0.15) is 0 Å². The summed E-state index contributed by atoms with van der Waals surface area (Å²) in [6.45, 7) is 8.07. The second-order valence-electron chi connectivity index (χ2n) is 4.84. The number of nitrogens with two attached hydrogens (primary N) is 1. The standard InChI is InChI=1S/C11H22N2S/c1-4-9(8-10(12)14)13-7-5-6-11(13,2)3/h9H,4-8H2,1-3H3,(H2,12,14). The van der Waals surface area contributed by atoms with Crippen LogP contribution in [-0.4, -0.2) is 28.0 Å². The van der Waals surface area contributed by atoms with Crippen LogP contribution >= 0.6 is 12.2 Å². The van der Waals surface area contributed by atoms with E-state index >= 15 is 0 Å². The van der Waals surface area contributed by atoms with Crippen LogP contribution in [0.3, 0.4) is 0 Å². The SMILES string of the molecule is CCC(CC(N)=S)N1CCCC1(C)C. The number of hydrogen-bond acceptors (Lipinski definition) is 2. The van der Waals surface area contributed by atoms with Gasteiger partial charge >= 0.3 is 0 Å². The van der Waals surface area contributed by atoms with E-state index in [9.17, 15) is 0 Å². The van der Waals surface area contributed by atoms with E-state index < -0.39 is 0 Å². The molecule has 1 saturated heterocycles. The molecule has 1 unspecified atom stereocenters. The maximum atomic E-state index is 5.63. The highest BCUT2D eigenvalue weighted by atomic mass is 32.1. The third kappa shape index (κ3) is 2.67. The van der Waals surface area contributed by atoms with Gasteiger partial charge in [-0.1, -0.05) is 19.1 Å². The van der Waals surface area contributed by atoms with Crippen molar-refractivity contribution in [1.82, 2.24) is 4.90 Å². The van der Waals surface area contributed by atoms with Crippen molar-refractivity contribution in [2.75, 3.05) is 6.54 Å². The van der Waals surface area contributed by atoms with Crippen molar-refractivity contribution in [2.24, 2.45) is 5.73 Å². The van der Waals surface area contributed by atoms with E-state index in [1.807, 2.05) is 0 Å². The second kappa shape index (κ2) is 4.58. The lowest BCUT2D eigenvalue weighted by molar-refractivity contribution is 0.116. The van der Waals surface area contributed by atoms with Gasteiger partial charge in [0, 0.05) is 18.0 Å². The minimum atomic E-state index is 0.339. The van der Waals surface area contributed by atoms with Gasteiger partial charge in [0.2, 0.25) is 0 Å². The smallest absolute Gasteiger partial charge is 0.0743 e. The molecule has 1 aliphatic heterocycles. The van der Waals surface area contributed by atoms with Gasteiger partial charge in [-0.2, -0.15) is 0 Å². The maximum absolute atomic E-state index is 5.63. The third-order valence-electron chi connectivity index (χ3n) is 3.31. The van der Waals surface area contributed by atoms with Gasteiger partial charge in [0.25, 0.3) is 0 Å². The van der Waals surface area contributed by atoms with E-state index in [1.165, 1.54) is 19.4 Å². The summed E-state index contributed by atoms with van der Waals surface area (Å²) in [7, 11) is 0. The van der Waals surface area contributed by atoms with E-state index in [0.29, 0.717) is 16.6 Å². The summed E-state index contributed by atoms with van der Waals surface area (Å²) >= 11 is 5.00. The van der Waals surface area contributed by atoms with Crippen LogP contribution in [0.25, 0.3) is 0 Å². The summed E-state index contributed by atoms with van der Waals surface area (Å²) in [5, 5.41) is 0. The monoisotopic (exact) mass is 214 g/mol. The summed E-state index contributed by atoms with van der Waals surface area (Å²) in [6, 6.07) is 0.546. The molecule has 1 aliphatic rings. The molecule has 2 nitrogen and oxygen atoms in total. The number of thiocarbonyl (C=S) groups is 1. The van der Waals surface area contributed by atoms with E-state index in [2.05, 4.69) is 25.7 Å². The van der Waals surface area contributed by atoms with Crippen LogP contribution in [-0.2, 0) is 0 Å². The van der Waals surface area contributed by atoms with E-state index in [4.69, 9.17) is 18.0 Å². The van der Waals surface area contributed by atoms with Gasteiger partial charge in [-0.15, -0.1) is 0 Å². The van der Waals surface area contributed by atoms with Crippen molar-refractivity contribution in [1.29, 1.82) is 0 Å². The Balaban J connectivity index is 2.64. The summed E-state index contributed by atoms with van der Waals surface area (Å²) < 4.78 is 0. The highest BCUT2D eigenvalue weighted by Gasteiger charge is 2.35. The Labute approximate surface area is 92.8 Å². The molecule has 1 rings (SSSR count). The quantitative estimate of drug-likeness (QED) is 0.728. The predicted molar refractivity (Wildman–Crippen MR) is 65.5 cm³/mol. The molecule has 0 amide bonds. The van der Waals surface area contributed by atoms with Crippen LogP contribution in [0.1, 0.15) is 46.5 Å². The zero-order valence-electron chi connectivity index (χ0n) is 9.55. The molecule has 0 saturated carbocycles. The van der Waals surface area contributed by atoms with Gasteiger partial charge in [-0.25, -0.2) is 0 Å². The average Bonchev–Trinajstić information content (AvgIpc) is 2.41. The average molecular weight is 214 g/mol. The molecular formula is C11H22N2S. The van der Waals surface area contributed by atoms with Crippen LogP contribution in [0.15, 0.2) is 0 Å². The van der Waals surface area contributed by atoms with Crippen molar-refractivity contribution in [3.63, 3.8) is 0 Å². The zero-order valence-corrected chi connectivity index (χ0v) is 10.4. The molecule has 0 aromatic carbocycles. The number of hydrogen-bond donors (Lipinski definition) is 1. The Bertz CT molecular complexity index is 213. The van der Waals surface area contributed by atoms with Gasteiger partial charge in [-0.05, 0) is 39.7 Å². The summed E-state index contributed by atoms with van der Waals surface area (Å²) in [6.07, 6.45) is 4.61. The lowest BCUT2D eigenvalue weighted by Crippen LogP contribution is -2.46. The first kappa shape index (κ1) is 11.9. The first-order chi connectivity index (χ1) is 6.47. The molecule has 1 atom stereocenters. The van der Waals surface area contributed by atoms with E-state index in [0.717, 1.165) is 12.8 Å². The fourth-order valence-corrected chi connectivity index (χ4v) is 2.70. The van der Waals surface area contributed by atoms with Gasteiger partial charge in [0.15, 0.2) is 0 Å². The van der Waals surface area contributed by atoms with Gasteiger partial charge < -0.3 is 5.73 Å². The topological polar surface area (TPSA) is 29.3 Å². The minimum Gasteiger partial charge on any atom is -0.393 e. The lowest BCUT2D eigenvalue weighted by atomic mass is 9.98. The molecule has 1 fully saturated rings. The number of likely N-dealkylation sites (tertiary alicyclic amines) is 1. The van der Waals surface area contributed by atoms with Gasteiger partial charge in [0.05, 0.1) is 4.99 Å². The van der Waals surface area contributed by atoms with Crippen molar-refractivity contribution in [3.05, 3.63) is 0 Å². The Kier molecular flexibility index (Phi) is 3.90. The molecule has 3 heteroatoms. The number of nitrogens with zero attached hydrogens (tertiary/aromatic N) is 1. The molecule has 0 radical (unpaired) electrons. The van der Waals surface area contributed by atoms with Crippen molar-refractivity contribution >= 4 is 17.2 Å². The first-order valence-corrected chi connectivity index (χ1v) is 5.93. The molecular weight excluding hydrogens is 192 g/mol. The summed E-state index contributed by atoms with van der Waals surface area (Å²) in [5.74, 6) is 0. The minimum absolute atomic E-state index is 0.339. The molecule has 0 aromatic heterocycles. The Morgan fingerprint density at radius 2 is 2.21 bits per heavy atom. The van der Waals surface area contributed by atoms with Crippen molar-refractivity contribution < 1.29 is 0 Å². The normalized spacial score (nSPS) is 23.6. The van der Waals surface area contributed by atoms with Crippen LogP contribution in [0.5, 0.6) is 0 Å². The largest absolute Gasteiger partial charge is 0.393 e. The Hall–Kier alpha value is -0.150. The predicted octanol–water partition coefficient (Wildman–Crippen LogP) is 2.32. The molecule has 82 valence electrons. The highest BCUT2D eigenvalue weighted by Crippen LogP contribution is 2.32. The fourth-order valence-electron chi connectivity index (χ4n) is 2.51. The van der Waals surface area contributed by atoms with Crippen LogP contribution < -0.4 is 5.73 Å². The Morgan fingerprint density at radius 1 is 1.57 bits per heavy atom. The van der Waals surface area contributed by atoms with Crippen LogP contribution in [0.2, 0.25) is 0 Å². The van der Waals surface area contributed by atoms with E-state index in [-0.39, 0.29) is 0 Å². The Morgan fingerprint density at radius 3 is 2.57 bits per heavy atom. The summed E-state index contributed by atoms with van der Waals surface area (Å²) in [4.78, 5) is 3.23. The number of rotatable bonds is 4. The first-order valence-electron chi connectivity index (χ1n) is 5.52. The van der Waals surface area contributed by atoms with Crippen molar-refractivity contribution in [2.45, 2.75) is 58.0 Å².